The summed E-state index contributed by atoms with van der Waals surface area (Å²) < 4.78 is 13.4. The number of aliphatic imine (C=N–C) groups is 1. The van der Waals surface area contributed by atoms with Gasteiger partial charge in [-0.3, -0.25) is 0 Å². The molecule has 154 valence electrons. The van der Waals surface area contributed by atoms with Crippen LogP contribution in [0.1, 0.15) is 33.5 Å². The highest BCUT2D eigenvalue weighted by atomic mass is 16.5. The van der Waals surface area contributed by atoms with E-state index in [0.717, 1.165) is 36.4 Å². The molecule has 1 unspecified atom stereocenters. The van der Waals surface area contributed by atoms with Crippen LogP contribution in [-0.4, -0.2) is 41.8 Å². The Hall–Kier alpha value is -2.70. The van der Waals surface area contributed by atoms with Crippen LogP contribution in [0.15, 0.2) is 41.7 Å². The molecule has 0 aliphatic rings. The van der Waals surface area contributed by atoms with Gasteiger partial charge >= 0.3 is 0 Å². The van der Waals surface area contributed by atoms with Crippen LogP contribution < -0.4 is 20.1 Å². The van der Waals surface area contributed by atoms with Gasteiger partial charge in [-0.05, 0) is 31.9 Å². The second-order valence-electron chi connectivity index (χ2n) is 7.07. The fourth-order valence-corrected chi connectivity index (χ4v) is 2.73. The first kappa shape index (κ1) is 21.6. The Bertz CT molecular complexity index is 742. The molecule has 7 heteroatoms. The maximum absolute atomic E-state index is 5.96. The van der Waals surface area contributed by atoms with Crippen LogP contribution in [0.3, 0.4) is 0 Å². The van der Waals surface area contributed by atoms with Crippen molar-refractivity contribution >= 4 is 5.96 Å². The molecule has 2 aromatic rings. The van der Waals surface area contributed by atoms with Crippen LogP contribution in [0, 0.1) is 5.92 Å². The van der Waals surface area contributed by atoms with E-state index in [1.54, 1.807) is 7.11 Å². The summed E-state index contributed by atoms with van der Waals surface area (Å²) in [6, 6.07) is 7.62. The van der Waals surface area contributed by atoms with Gasteiger partial charge in [0, 0.05) is 31.5 Å². The third-order valence-corrected chi connectivity index (χ3v) is 4.02. The van der Waals surface area contributed by atoms with Crippen molar-refractivity contribution in [2.75, 3.05) is 20.2 Å². The lowest BCUT2D eigenvalue weighted by atomic mass is 10.2. The molecule has 0 saturated carbocycles. The van der Waals surface area contributed by atoms with Crippen molar-refractivity contribution in [1.29, 1.82) is 0 Å². The summed E-state index contributed by atoms with van der Waals surface area (Å²) in [5, 5.41) is 6.61. The highest BCUT2D eigenvalue weighted by molar-refractivity contribution is 5.79. The molecule has 2 rings (SSSR count). The second kappa shape index (κ2) is 11.2. The summed E-state index contributed by atoms with van der Waals surface area (Å²) >= 11 is 0. The number of guanidine groups is 1. The lowest BCUT2D eigenvalue weighted by Gasteiger charge is -2.18. The molecule has 2 N–H and O–H groups in total. The Morgan fingerprint density at radius 1 is 1.21 bits per heavy atom. The summed E-state index contributed by atoms with van der Waals surface area (Å²) in [5.74, 6) is 3.85. The van der Waals surface area contributed by atoms with Gasteiger partial charge in [-0.1, -0.05) is 19.9 Å². The maximum atomic E-state index is 5.96. The van der Waals surface area contributed by atoms with E-state index >= 15 is 0 Å². The number of imidazole rings is 1. The monoisotopic (exact) mass is 387 g/mol. The van der Waals surface area contributed by atoms with E-state index in [1.807, 2.05) is 50.5 Å². The molecule has 0 fully saturated rings. The Morgan fingerprint density at radius 2 is 2.00 bits per heavy atom. The van der Waals surface area contributed by atoms with Gasteiger partial charge in [-0.15, -0.1) is 0 Å². The van der Waals surface area contributed by atoms with Gasteiger partial charge < -0.3 is 24.7 Å². The highest BCUT2D eigenvalue weighted by Gasteiger charge is 2.08. The number of nitrogens with one attached hydrogen (secondary N) is 2. The molecule has 0 aliphatic carbocycles. The lowest BCUT2D eigenvalue weighted by molar-refractivity contribution is 0.223. The van der Waals surface area contributed by atoms with Crippen LogP contribution in [0.5, 0.6) is 11.5 Å². The van der Waals surface area contributed by atoms with Gasteiger partial charge in [0.2, 0.25) is 0 Å². The summed E-state index contributed by atoms with van der Waals surface area (Å²) in [4.78, 5) is 9.10. The molecular weight excluding hydrogens is 354 g/mol. The van der Waals surface area contributed by atoms with Crippen molar-refractivity contribution in [2.45, 2.75) is 46.9 Å². The van der Waals surface area contributed by atoms with Gasteiger partial charge in [0.25, 0.3) is 0 Å². The fraction of sp³-hybridized carbons (Fsp3) is 0.524. The molecular formula is C21H33N5O2. The minimum absolute atomic E-state index is 0.0288. The van der Waals surface area contributed by atoms with E-state index in [2.05, 4.69) is 39.0 Å². The van der Waals surface area contributed by atoms with E-state index in [9.17, 15) is 0 Å². The average Bonchev–Trinajstić information content (AvgIpc) is 3.10. The summed E-state index contributed by atoms with van der Waals surface area (Å²) in [5.41, 5.74) is 0. The number of ether oxygens (including phenoxy) is 2. The largest absolute Gasteiger partial charge is 0.497 e. The molecule has 0 aliphatic heterocycles. The molecule has 0 spiro atoms. The first-order valence-corrected chi connectivity index (χ1v) is 9.84. The second-order valence-corrected chi connectivity index (χ2v) is 7.07. The van der Waals surface area contributed by atoms with Crippen LogP contribution >= 0.6 is 0 Å². The minimum Gasteiger partial charge on any atom is -0.497 e. The molecule has 0 saturated heterocycles. The predicted molar refractivity (Wildman–Crippen MR) is 113 cm³/mol. The third-order valence-electron chi connectivity index (χ3n) is 4.02. The van der Waals surface area contributed by atoms with Crippen LogP contribution in [0.25, 0.3) is 0 Å². The molecule has 1 heterocycles. The number of rotatable bonds is 10. The normalized spacial score (nSPS) is 12.7. The van der Waals surface area contributed by atoms with Crippen LogP contribution in [0.2, 0.25) is 0 Å². The lowest BCUT2D eigenvalue weighted by Crippen LogP contribution is -2.41. The molecule has 1 aromatic carbocycles. The molecule has 0 radical (unpaired) electrons. The minimum atomic E-state index is -0.0288. The number of methoxy groups -OCH3 is 1. The Balaban J connectivity index is 1.91. The van der Waals surface area contributed by atoms with E-state index in [-0.39, 0.29) is 6.10 Å². The molecule has 7 nitrogen and oxygen atoms in total. The number of benzene rings is 1. The standard InChI is InChI=1S/C21H33N5O2/c1-6-22-21(25-14-20-23-10-11-26(20)15-16(2)3)24-13-17(4)28-19-9-7-8-18(12-19)27-5/h7-12,16-17H,6,13-15H2,1-5H3,(H2,22,24,25). The highest BCUT2D eigenvalue weighted by Crippen LogP contribution is 2.19. The quantitative estimate of drug-likeness (QED) is 0.484. The van der Waals surface area contributed by atoms with Crippen molar-refractivity contribution in [1.82, 2.24) is 20.2 Å². The van der Waals surface area contributed by atoms with Crippen molar-refractivity contribution in [3.05, 3.63) is 42.5 Å². The number of nitrogens with zero attached hydrogens (tertiary/aromatic N) is 3. The van der Waals surface area contributed by atoms with Gasteiger partial charge in [-0.25, -0.2) is 9.98 Å². The fourth-order valence-electron chi connectivity index (χ4n) is 2.73. The van der Waals surface area contributed by atoms with Crippen LogP contribution in [-0.2, 0) is 13.1 Å². The van der Waals surface area contributed by atoms with E-state index in [4.69, 9.17) is 9.47 Å². The predicted octanol–water partition coefficient (Wildman–Crippen LogP) is 3.07. The van der Waals surface area contributed by atoms with Gasteiger partial charge in [-0.2, -0.15) is 0 Å². The van der Waals surface area contributed by atoms with Crippen molar-refractivity contribution in [3.63, 3.8) is 0 Å². The SMILES string of the molecule is CCNC(=NCc1nccn1CC(C)C)NCC(C)Oc1cccc(OC)c1. The van der Waals surface area contributed by atoms with Crippen molar-refractivity contribution in [3.8, 4) is 11.5 Å². The molecule has 28 heavy (non-hydrogen) atoms. The van der Waals surface area contributed by atoms with Crippen molar-refractivity contribution in [2.24, 2.45) is 10.9 Å². The molecule has 0 amide bonds. The molecule has 1 aromatic heterocycles. The number of hydrogen-bond donors (Lipinski definition) is 2. The smallest absolute Gasteiger partial charge is 0.191 e. The van der Waals surface area contributed by atoms with Gasteiger partial charge in [0.05, 0.1) is 13.7 Å². The zero-order valence-corrected chi connectivity index (χ0v) is 17.6. The molecule has 0 bridgehead atoms. The zero-order chi connectivity index (χ0) is 20.4. The summed E-state index contributed by atoms with van der Waals surface area (Å²) in [6.45, 7) is 11.4. The topological polar surface area (TPSA) is 72.7 Å². The molecule has 1 atom stereocenters. The average molecular weight is 388 g/mol. The maximum Gasteiger partial charge on any atom is 0.191 e. The Kier molecular flexibility index (Phi) is 8.65. The third kappa shape index (κ3) is 7.13. The summed E-state index contributed by atoms with van der Waals surface area (Å²) in [7, 11) is 1.65. The Morgan fingerprint density at radius 3 is 2.71 bits per heavy atom. The summed E-state index contributed by atoms with van der Waals surface area (Å²) in [6.07, 6.45) is 3.81. The van der Waals surface area contributed by atoms with E-state index in [0.29, 0.717) is 19.0 Å². The van der Waals surface area contributed by atoms with E-state index < -0.39 is 0 Å². The van der Waals surface area contributed by atoms with Crippen molar-refractivity contribution < 1.29 is 9.47 Å². The van der Waals surface area contributed by atoms with E-state index in [1.165, 1.54) is 0 Å². The first-order chi connectivity index (χ1) is 13.5. The number of aromatic nitrogens is 2. The number of hydrogen-bond acceptors (Lipinski definition) is 4. The van der Waals surface area contributed by atoms with Crippen LogP contribution in [0.4, 0.5) is 0 Å². The van der Waals surface area contributed by atoms with Gasteiger partial charge in [0.1, 0.15) is 30.0 Å². The zero-order valence-electron chi connectivity index (χ0n) is 17.6. The first-order valence-electron chi connectivity index (χ1n) is 9.84. The Labute approximate surface area is 168 Å². The van der Waals surface area contributed by atoms with Gasteiger partial charge in [0.15, 0.2) is 5.96 Å².